The minimum Gasteiger partial charge on any atom is -0.480 e. The Morgan fingerprint density at radius 2 is 2.06 bits per heavy atom. The topological polar surface area (TPSA) is 78.9 Å². The Bertz CT molecular complexity index is 262. The largest absolute Gasteiger partial charge is 0.480 e. The van der Waals surface area contributed by atoms with Crippen LogP contribution in [0.3, 0.4) is 0 Å². The maximum absolute atomic E-state index is 11.7. The van der Waals surface area contributed by atoms with Crippen molar-refractivity contribution in [3.05, 3.63) is 0 Å². The average Bonchev–Trinajstić information content (AvgIpc) is 2.34. The highest BCUT2D eigenvalue weighted by Crippen LogP contribution is 2.14. The van der Waals surface area contributed by atoms with Crippen LogP contribution in [-0.4, -0.2) is 61.3 Å². The first-order chi connectivity index (χ1) is 8.13. The van der Waals surface area contributed by atoms with Gasteiger partial charge in [0.25, 0.3) is 0 Å². The van der Waals surface area contributed by atoms with Crippen molar-refractivity contribution in [3.8, 4) is 0 Å². The van der Waals surface area contributed by atoms with Gasteiger partial charge >= 0.3 is 5.97 Å². The second-order valence-corrected chi connectivity index (χ2v) is 4.14. The Hall–Kier alpha value is -1.14. The van der Waals surface area contributed by atoms with Gasteiger partial charge < -0.3 is 20.1 Å². The van der Waals surface area contributed by atoms with Gasteiger partial charge in [-0.1, -0.05) is 0 Å². The maximum Gasteiger partial charge on any atom is 0.329 e. The number of carboxylic acid groups (broad SMARTS) is 1. The van der Waals surface area contributed by atoms with E-state index in [0.29, 0.717) is 26.1 Å². The first-order valence-corrected chi connectivity index (χ1v) is 5.89. The summed E-state index contributed by atoms with van der Waals surface area (Å²) in [7, 11) is 1.82. The summed E-state index contributed by atoms with van der Waals surface area (Å²) >= 11 is 0. The molecule has 0 aromatic heterocycles. The highest BCUT2D eigenvalue weighted by Gasteiger charge is 2.23. The third-order valence-electron chi connectivity index (χ3n) is 2.83. The SMILES string of the molecule is CNCCC(=O)N1CCC(OCC(=O)O)CC1. The summed E-state index contributed by atoms with van der Waals surface area (Å²) < 4.78 is 5.20. The molecule has 17 heavy (non-hydrogen) atoms. The molecule has 0 aromatic rings. The molecular weight excluding hydrogens is 224 g/mol. The summed E-state index contributed by atoms with van der Waals surface area (Å²) in [6.45, 7) is 1.76. The molecule has 1 aliphatic heterocycles. The van der Waals surface area contributed by atoms with E-state index in [9.17, 15) is 9.59 Å². The molecule has 0 radical (unpaired) electrons. The van der Waals surface area contributed by atoms with Crippen molar-refractivity contribution < 1.29 is 19.4 Å². The molecule has 1 saturated heterocycles. The first-order valence-electron chi connectivity index (χ1n) is 5.89. The van der Waals surface area contributed by atoms with Crippen molar-refractivity contribution >= 4 is 11.9 Å². The van der Waals surface area contributed by atoms with E-state index in [1.54, 1.807) is 0 Å². The monoisotopic (exact) mass is 244 g/mol. The van der Waals surface area contributed by atoms with Crippen molar-refractivity contribution in [2.75, 3.05) is 33.3 Å². The molecular formula is C11H20N2O4. The number of amides is 1. The van der Waals surface area contributed by atoms with Crippen LogP contribution in [-0.2, 0) is 14.3 Å². The number of piperidine rings is 1. The number of carboxylic acids is 1. The van der Waals surface area contributed by atoms with Gasteiger partial charge in [0.05, 0.1) is 6.10 Å². The molecule has 1 heterocycles. The van der Waals surface area contributed by atoms with Crippen LogP contribution in [0.15, 0.2) is 0 Å². The number of carbonyl (C=O) groups excluding carboxylic acids is 1. The van der Waals surface area contributed by atoms with Crippen LogP contribution in [0.4, 0.5) is 0 Å². The zero-order valence-corrected chi connectivity index (χ0v) is 10.1. The van der Waals surface area contributed by atoms with Crippen LogP contribution >= 0.6 is 0 Å². The molecule has 0 aromatic carbocycles. The number of carbonyl (C=O) groups is 2. The van der Waals surface area contributed by atoms with E-state index < -0.39 is 5.97 Å². The van der Waals surface area contributed by atoms with E-state index in [1.807, 2.05) is 11.9 Å². The molecule has 1 aliphatic rings. The molecule has 98 valence electrons. The number of likely N-dealkylation sites (tertiary alicyclic amines) is 1. The number of ether oxygens (including phenoxy) is 1. The van der Waals surface area contributed by atoms with Crippen LogP contribution < -0.4 is 5.32 Å². The molecule has 6 nitrogen and oxygen atoms in total. The van der Waals surface area contributed by atoms with Gasteiger partial charge in [0.2, 0.25) is 5.91 Å². The third kappa shape index (κ3) is 5.14. The zero-order chi connectivity index (χ0) is 12.7. The number of nitrogens with one attached hydrogen (secondary N) is 1. The Morgan fingerprint density at radius 1 is 1.41 bits per heavy atom. The molecule has 1 rings (SSSR count). The van der Waals surface area contributed by atoms with E-state index >= 15 is 0 Å². The predicted molar refractivity (Wildman–Crippen MR) is 61.7 cm³/mol. The molecule has 0 spiro atoms. The Morgan fingerprint density at radius 3 is 2.59 bits per heavy atom. The molecule has 0 atom stereocenters. The van der Waals surface area contributed by atoms with Gasteiger partial charge in [0.1, 0.15) is 6.61 Å². The predicted octanol–water partition coefficient (Wildman–Crippen LogP) is -0.312. The normalized spacial score (nSPS) is 17.1. The number of rotatable bonds is 6. The summed E-state index contributed by atoms with van der Waals surface area (Å²) in [5.74, 6) is -0.798. The lowest BCUT2D eigenvalue weighted by Crippen LogP contribution is -2.41. The number of hydrogen-bond acceptors (Lipinski definition) is 4. The fraction of sp³-hybridized carbons (Fsp3) is 0.818. The molecule has 1 fully saturated rings. The molecule has 2 N–H and O–H groups in total. The van der Waals surface area contributed by atoms with Gasteiger partial charge in [-0.3, -0.25) is 4.79 Å². The van der Waals surface area contributed by atoms with Crippen LogP contribution in [0.5, 0.6) is 0 Å². The van der Waals surface area contributed by atoms with Crippen LogP contribution in [0.1, 0.15) is 19.3 Å². The highest BCUT2D eigenvalue weighted by molar-refractivity contribution is 5.76. The lowest BCUT2D eigenvalue weighted by atomic mass is 10.1. The van der Waals surface area contributed by atoms with Crippen molar-refractivity contribution in [2.24, 2.45) is 0 Å². The summed E-state index contributed by atoms with van der Waals surface area (Å²) in [5.41, 5.74) is 0. The summed E-state index contributed by atoms with van der Waals surface area (Å²) in [6, 6.07) is 0. The molecule has 0 unspecified atom stereocenters. The first kappa shape index (κ1) is 13.9. The maximum atomic E-state index is 11.7. The van der Waals surface area contributed by atoms with Crippen molar-refractivity contribution in [1.82, 2.24) is 10.2 Å². The number of nitrogens with zero attached hydrogens (tertiary/aromatic N) is 1. The lowest BCUT2D eigenvalue weighted by Gasteiger charge is -2.31. The van der Waals surface area contributed by atoms with E-state index in [0.717, 1.165) is 12.8 Å². The van der Waals surface area contributed by atoms with Crippen molar-refractivity contribution in [1.29, 1.82) is 0 Å². The standard InChI is InChI=1S/C11H20N2O4/c1-12-5-2-10(14)13-6-3-9(4-7-13)17-8-11(15)16/h9,12H,2-8H2,1H3,(H,15,16). The molecule has 0 bridgehead atoms. The van der Waals surface area contributed by atoms with Gasteiger partial charge in [-0.2, -0.15) is 0 Å². The molecule has 0 saturated carbocycles. The number of aliphatic carboxylic acids is 1. The lowest BCUT2D eigenvalue weighted by molar-refractivity contribution is -0.146. The second kappa shape index (κ2) is 7.24. The van der Waals surface area contributed by atoms with E-state index in [1.165, 1.54) is 0 Å². The summed E-state index contributed by atoms with van der Waals surface area (Å²) in [5, 5.41) is 11.4. The van der Waals surface area contributed by atoms with Gasteiger partial charge in [-0.05, 0) is 19.9 Å². The van der Waals surface area contributed by atoms with E-state index in [2.05, 4.69) is 5.32 Å². The van der Waals surface area contributed by atoms with Crippen molar-refractivity contribution in [3.63, 3.8) is 0 Å². The number of hydrogen-bond donors (Lipinski definition) is 2. The van der Waals surface area contributed by atoms with Crippen LogP contribution in [0.25, 0.3) is 0 Å². The fourth-order valence-corrected chi connectivity index (χ4v) is 1.85. The smallest absolute Gasteiger partial charge is 0.329 e. The van der Waals surface area contributed by atoms with Gasteiger partial charge in [-0.15, -0.1) is 0 Å². The highest BCUT2D eigenvalue weighted by atomic mass is 16.5. The van der Waals surface area contributed by atoms with Crippen LogP contribution in [0, 0.1) is 0 Å². The van der Waals surface area contributed by atoms with Gasteiger partial charge in [-0.25, -0.2) is 4.79 Å². The van der Waals surface area contributed by atoms with E-state index in [-0.39, 0.29) is 18.6 Å². The molecule has 1 amide bonds. The minimum absolute atomic E-state index is 0.0283. The Balaban J connectivity index is 2.20. The van der Waals surface area contributed by atoms with Crippen molar-refractivity contribution in [2.45, 2.75) is 25.4 Å². The third-order valence-corrected chi connectivity index (χ3v) is 2.83. The summed E-state index contributed by atoms with van der Waals surface area (Å²) in [6.07, 6.45) is 1.92. The summed E-state index contributed by atoms with van der Waals surface area (Å²) in [4.78, 5) is 23.8. The Kier molecular flexibility index (Phi) is 5.93. The Labute approximate surface area is 101 Å². The second-order valence-electron chi connectivity index (χ2n) is 4.14. The van der Waals surface area contributed by atoms with Crippen LogP contribution in [0.2, 0.25) is 0 Å². The van der Waals surface area contributed by atoms with Gasteiger partial charge in [0, 0.05) is 26.1 Å². The fourth-order valence-electron chi connectivity index (χ4n) is 1.85. The quantitative estimate of drug-likeness (QED) is 0.670. The minimum atomic E-state index is -0.947. The zero-order valence-electron chi connectivity index (χ0n) is 10.1. The average molecular weight is 244 g/mol. The van der Waals surface area contributed by atoms with Gasteiger partial charge in [0.15, 0.2) is 0 Å². The molecule has 6 heteroatoms. The molecule has 0 aliphatic carbocycles. The van der Waals surface area contributed by atoms with E-state index in [4.69, 9.17) is 9.84 Å².